The Bertz CT molecular complexity index is 430. The Labute approximate surface area is 114 Å². The molecule has 2 N–H and O–H groups in total. The molecule has 1 atom stereocenters. The molecule has 1 aliphatic rings. The molecule has 1 heterocycles. The quantitative estimate of drug-likeness (QED) is 0.812. The minimum Gasteiger partial charge on any atom is -0.380 e. The van der Waals surface area contributed by atoms with Gasteiger partial charge in [-0.05, 0) is 30.1 Å². The molecule has 0 aliphatic carbocycles. The van der Waals surface area contributed by atoms with E-state index in [4.69, 9.17) is 4.74 Å². The Kier molecular flexibility index (Phi) is 4.93. The van der Waals surface area contributed by atoms with Gasteiger partial charge in [0.25, 0.3) is 0 Å². The second-order valence-corrected chi connectivity index (χ2v) is 5.13. The van der Waals surface area contributed by atoms with Gasteiger partial charge in [0.15, 0.2) is 0 Å². The van der Waals surface area contributed by atoms with E-state index in [2.05, 4.69) is 10.6 Å². The highest BCUT2D eigenvalue weighted by Gasteiger charge is 2.28. The molecule has 1 amide bonds. The van der Waals surface area contributed by atoms with Crippen LogP contribution < -0.4 is 10.6 Å². The molecule has 2 rings (SSSR count). The molecule has 0 radical (unpaired) electrons. The van der Waals surface area contributed by atoms with Gasteiger partial charge in [0.1, 0.15) is 0 Å². The number of nitrogens with one attached hydrogen (secondary N) is 2. The molecule has 1 aromatic rings. The lowest BCUT2D eigenvalue weighted by molar-refractivity contribution is -0.126. The average Bonchev–Trinajstić information content (AvgIpc) is 2.35. The molecule has 1 aromatic carbocycles. The Hall–Kier alpha value is -1.39. The molecule has 19 heavy (non-hydrogen) atoms. The van der Waals surface area contributed by atoms with Crippen molar-refractivity contribution < 1.29 is 9.53 Å². The maximum absolute atomic E-state index is 12.0. The van der Waals surface area contributed by atoms with Crippen molar-refractivity contribution >= 4 is 5.91 Å². The van der Waals surface area contributed by atoms with E-state index in [0.717, 1.165) is 24.2 Å². The van der Waals surface area contributed by atoms with Crippen molar-refractivity contribution in [2.75, 3.05) is 20.2 Å². The summed E-state index contributed by atoms with van der Waals surface area (Å²) < 4.78 is 5.17. The van der Waals surface area contributed by atoms with E-state index in [1.165, 1.54) is 0 Å². The summed E-state index contributed by atoms with van der Waals surface area (Å²) in [5, 5.41) is 6.22. The van der Waals surface area contributed by atoms with Crippen LogP contribution in [-0.2, 0) is 22.7 Å². The zero-order valence-corrected chi connectivity index (χ0v) is 11.6. The number of hydrogen-bond acceptors (Lipinski definition) is 3. The van der Waals surface area contributed by atoms with Crippen LogP contribution in [0.15, 0.2) is 24.3 Å². The molecule has 104 valence electrons. The van der Waals surface area contributed by atoms with E-state index < -0.39 is 0 Å². The van der Waals surface area contributed by atoms with Crippen molar-refractivity contribution in [2.45, 2.75) is 20.1 Å². The molecule has 1 aliphatic heterocycles. The first-order chi connectivity index (χ1) is 9.22. The van der Waals surface area contributed by atoms with E-state index >= 15 is 0 Å². The van der Waals surface area contributed by atoms with Gasteiger partial charge in [0, 0.05) is 19.6 Å². The van der Waals surface area contributed by atoms with Crippen LogP contribution in [-0.4, -0.2) is 26.1 Å². The fourth-order valence-corrected chi connectivity index (χ4v) is 2.25. The van der Waals surface area contributed by atoms with Crippen molar-refractivity contribution in [1.82, 2.24) is 10.6 Å². The lowest BCUT2D eigenvalue weighted by Crippen LogP contribution is -2.49. The summed E-state index contributed by atoms with van der Waals surface area (Å²) in [5.74, 6) is 0.698. The molecular weight excluding hydrogens is 240 g/mol. The average molecular weight is 262 g/mol. The van der Waals surface area contributed by atoms with Gasteiger partial charge in [-0.15, -0.1) is 0 Å². The molecular formula is C15H22N2O2. The maximum atomic E-state index is 12.0. The monoisotopic (exact) mass is 262 g/mol. The summed E-state index contributed by atoms with van der Waals surface area (Å²) in [6, 6.07) is 8.04. The van der Waals surface area contributed by atoms with Crippen LogP contribution >= 0.6 is 0 Å². The van der Waals surface area contributed by atoms with Crippen LogP contribution in [0, 0.1) is 11.8 Å². The molecule has 0 bridgehead atoms. The topological polar surface area (TPSA) is 50.4 Å². The molecule has 0 saturated carbocycles. The summed E-state index contributed by atoms with van der Waals surface area (Å²) in [4.78, 5) is 12.0. The van der Waals surface area contributed by atoms with Gasteiger partial charge in [-0.1, -0.05) is 31.2 Å². The molecule has 1 fully saturated rings. The third-order valence-corrected chi connectivity index (χ3v) is 3.81. The zero-order valence-electron chi connectivity index (χ0n) is 11.6. The number of hydrogen-bond donors (Lipinski definition) is 2. The lowest BCUT2D eigenvalue weighted by atomic mass is 9.88. The fourth-order valence-electron chi connectivity index (χ4n) is 2.25. The number of carbonyl (C=O) groups is 1. The minimum atomic E-state index is 0.0795. The molecule has 4 heteroatoms. The summed E-state index contributed by atoms with van der Waals surface area (Å²) >= 11 is 0. The molecule has 4 nitrogen and oxygen atoms in total. The van der Waals surface area contributed by atoms with Gasteiger partial charge in [-0.25, -0.2) is 0 Å². The van der Waals surface area contributed by atoms with Crippen LogP contribution in [0.2, 0.25) is 0 Å². The van der Waals surface area contributed by atoms with Crippen LogP contribution in [0.3, 0.4) is 0 Å². The normalized spacial score (nSPS) is 16.7. The highest BCUT2D eigenvalue weighted by molar-refractivity contribution is 5.78. The number of rotatable bonds is 6. The van der Waals surface area contributed by atoms with Gasteiger partial charge >= 0.3 is 0 Å². The van der Waals surface area contributed by atoms with Gasteiger partial charge < -0.3 is 15.4 Å². The van der Waals surface area contributed by atoms with Crippen LogP contribution in [0.5, 0.6) is 0 Å². The Morgan fingerprint density at radius 3 is 2.68 bits per heavy atom. The second-order valence-electron chi connectivity index (χ2n) is 5.13. The predicted octanol–water partition coefficient (Wildman–Crippen LogP) is 1.30. The van der Waals surface area contributed by atoms with Crippen molar-refractivity contribution in [3.05, 3.63) is 35.4 Å². The van der Waals surface area contributed by atoms with Crippen molar-refractivity contribution in [3.8, 4) is 0 Å². The minimum absolute atomic E-state index is 0.0795. The lowest BCUT2D eigenvalue weighted by Gasteiger charge is -2.31. The smallest absolute Gasteiger partial charge is 0.223 e. The Morgan fingerprint density at radius 2 is 2.11 bits per heavy atom. The maximum Gasteiger partial charge on any atom is 0.223 e. The summed E-state index contributed by atoms with van der Waals surface area (Å²) in [6.45, 7) is 5.06. The van der Waals surface area contributed by atoms with Gasteiger partial charge in [-0.2, -0.15) is 0 Å². The highest BCUT2D eigenvalue weighted by atomic mass is 16.5. The number of methoxy groups -OCH3 is 1. The largest absolute Gasteiger partial charge is 0.380 e. The molecule has 0 spiro atoms. The van der Waals surface area contributed by atoms with Gasteiger partial charge in [0.2, 0.25) is 5.91 Å². The van der Waals surface area contributed by atoms with Crippen LogP contribution in [0.4, 0.5) is 0 Å². The third kappa shape index (κ3) is 3.55. The Morgan fingerprint density at radius 1 is 1.42 bits per heavy atom. The SMILES string of the molecule is COCc1ccccc1CNC(=O)C(C)C1CNC1. The van der Waals surface area contributed by atoms with Gasteiger partial charge in [0.05, 0.1) is 6.61 Å². The predicted molar refractivity (Wildman–Crippen MR) is 74.5 cm³/mol. The molecule has 1 unspecified atom stereocenters. The van der Waals surface area contributed by atoms with E-state index in [-0.39, 0.29) is 11.8 Å². The van der Waals surface area contributed by atoms with Crippen molar-refractivity contribution in [2.24, 2.45) is 11.8 Å². The number of benzene rings is 1. The first-order valence-electron chi connectivity index (χ1n) is 6.76. The molecule has 0 aromatic heterocycles. The first kappa shape index (κ1) is 14.0. The number of ether oxygens (including phenoxy) is 1. The van der Waals surface area contributed by atoms with E-state index in [0.29, 0.717) is 19.1 Å². The number of carbonyl (C=O) groups excluding carboxylic acids is 1. The van der Waals surface area contributed by atoms with E-state index in [1.807, 2.05) is 31.2 Å². The van der Waals surface area contributed by atoms with Crippen molar-refractivity contribution in [3.63, 3.8) is 0 Å². The van der Waals surface area contributed by atoms with Crippen molar-refractivity contribution in [1.29, 1.82) is 0 Å². The standard InChI is InChI=1S/C15H22N2O2/c1-11(14-7-16-8-14)15(18)17-9-12-5-3-4-6-13(12)10-19-2/h3-6,11,14,16H,7-10H2,1-2H3,(H,17,18). The Balaban J connectivity index is 1.89. The fraction of sp³-hybridized carbons (Fsp3) is 0.533. The first-order valence-corrected chi connectivity index (χ1v) is 6.76. The summed E-state index contributed by atoms with van der Waals surface area (Å²) in [6.07, 6.45) is 0. The third-order valence-electron chi connectivity index (χ3n) is 3.81. The van der Waals surface area contributed by atoms with Gasteiger partial charge in [-0.3, -0.25) is 4.79 Å². The second kappa shape index (κ2) is 6.68. The van der Waals surface area contributed by atoms with Crippen LogP contribution in [0.1, 0.15) is 18.1 Å². The number of amides is 1. The van der Waals surface area contributed by atoms with E-state index in [1.54, 1.807) is 7.11 Å². The summed E-state index contributed by atoms with van der Waals surface area (Å²) in [7, 11) is 1.68. The molecule has 1 saturated heterocycles. The zero-order chi connectivity index (χ0) is 13.7. The summed E-state index contributed by atoms with van der Waals surface area (Å²) in [5.41, 5.74) is 2.25. The van der Waals surface area contributed by atoms with E-state index in [9.17, 15) is 4.79 Å². The van der Waals surface area contributed by atoms with Crippen LogP contribution in [0.25, 0.3) is 0 Å². The highest BCUT2D eigenvalue weighted by Crippen LogP contribution is 2.16.